The zero-order chi connectivity index (χ0) is 23.2. The Labute approximate surface area is 178 Å². The molecule has 10 nitrogen and oxygen atoms in total. The number of esters is 2. The first-order valence-electron chi connectivity index (χ1n) is 9.20. The summed E-state index contributed by atoms with van der Waals surface area (Å²) >= 11 is 0. The molecule has 0 atom stereocenters. The van der Waals surface area contributed by atoms with E-state index in [0.717, 1.165) is 25.1 Å². The summed E-state index contributed by atoms with van der Waals surface area (Å²) in [5.41, 5.74) is 0.366. The van der Waals surface area contributed by atoms with Gasteiger partial charge in [0.1, 0.15) is 17.8 Å². The SMILES string of the molecule is COC(=O)c1cn(NC(=O)OC(C)(C)C)c(C(=O)OC)c(OCc2ccccc2)c1=O. The minimum Gasteiger partial charge on any atom is -0.482 e. The van der Waals surface area contributed by atoms with Crippen LogP contribution in [0.2, 0.25) is 0 Å². The number of rotatable bonds is 6. The van der Waals surface area contributed by atoms with Gasteiger partial charge < -0.3 is 18.9 Å². The topological polar surface area (TPSA) is 122 Å². The number of ether oxygens (including phenoxy) is 4. The number of pyridine rings is 1. The van der Waals surface area contributed by atoms with E-state index in [2.05, 4.69) is 10.2 Å². The molecule has 166 valence electrons. The maximum Gasteiger partial charge on any atom is 0.426 e. The standard InChI is InChI=1S/C21H24N2O8/c1-21(2,3)31-20(27)22-23-11-14(18(25)28-4)16(24)17(15(23)19(26)29-5)30-12-13-9-7-6-8-10-13/h6-11H,12H2,1-5H3,(H,22,27). The van der Waals surface area contributed by atoms with Crippen molar-refractivity contribution in [1.82, 2.24) is 4.68 Å². The van der Waals surface area contributed by atoms with E-state index in [1.165, 1.54) is 0 Å². The van der Waals surface area contributed by atoms with Crippen molar-refractivity contribution in [2.75, 3.05) is 19.6 Å². The van der Waals surface area contributed by atoms with Gasteiger partial charge in [0, 0.05) is 6.20 Å². The van der Waals surface area contributed by atoms with E-state index in [1.54, 1.807) is 51.1 Å². The van der Waals surface area contributed by atoms with E-state index in [4.69, 9.17) is 14.2 Å². The Morgan fingerprint density at radius 1 is 1.00 bits per heavy atom. The number of benzene rings is 1. The molecule has 1 heterocycles. The molecular formula is C21H24N2O8. The molecule has 2 aromatic rings. The monoisotopic (exact) mass is 432 g/mol. The molecular weight excluding hydrogens is 408 g/mol. The van der Waals surface area contributed by atoms with Gasteiger partial charge in [0.2, 0.25) is 11.2 Å². The molecule has 0 spiro atoms. The molecule has 0 aliphatic carbocycles. The highest BCUT2D eigenvalue weighted by atomic mass is 16.6. The van der Waals surface area contributed by atoms with Crippen molar-refractivity contribution in [3.8, 4) is 5.75 Å². The molecule has 0 aliphatic heterocycles. The lowest BCUT2D eigenvalue weighted by Crippen LogP contribution is -2.36. The Bertz CT molecular complexity index is 1020. The Hall–Kier alpha value is -3.82. The first-order valence-corrected chi connectivity index (χ1v) is 9.20. The van der Waals surface area contributed by atoms with Gasteiger partial charge in [0.25, 0.3) is 0 Å². The van der Waals surface area contributed by atoms with Crippen molar-refractivity contribution < 1.29 is 33.3 Å². The van der Waals surface area contributed by atoms with Crippen molar-refractivity contribution in [1.29, 1.82) is 0 Å². The van der Waals surface area contributed by atoms with E-state index in [9.17, 15) is 19.2 Å². The number of nitrogens with zero attached hydrogens (tertiary/aromatic N) is 1. The predicted octanol–water partition coefficient (Wildman–Crippen LogP) is 2.48. The van der Waals surface area contributed by atoms with Gasteiger partial charge in [-0.15, -0.1) is 0 Å². The fourth-order valence-corrected chi connectivity index (χ4v) is 2.49. The highest BCUT2D eigenvalue weighted by Crippen LogP contribution is 2.19. The number of amides is 1. The summed E-state index contributed by atoms with van der Waals surface area (Å²) in [4.78, 5) is 49.8. The van der Waals surface area contributed by atoms with E-state index in [0.29, 0.717) is 5.56 Å². The van der Waals surface area contributed by atoms with E-state index >= 15 is 0 Å². The fraction of sp³-hybridized carbons (Fsp3) is 0.333. The molecule has 1 aromatic heterocycles. The van der Waals surface area contributed by atoms with Gasteiger partial charge in [-0.05, 0) is 26.3 Å². The molecule has 0 radical (unpaired) electrons. The van der Waals surface area contributed by atoms with Crippen LogP contribution < -0.4 is 15.6 Å². The molecule has 0 saturated heterocycles. The van der Waals surface area contributed by atoms with Gasteiger partial charge in [-0.2, -0.15) is 0 Å². The Morgan fingerprint density at radius 3 is 2.16 bits per heavy atom. The van der Waals surface area contributed by atoms with E-state index in [-0.39, 0.29) is 6.61 Å². The molecule has 0 fully saturated rings. The van der Waals surface area contributed by atoms with Crippen molar-refractivity contribution in [2.24, 2.45) is 0 Å². The van der Waals surface area contributed by atoms with Crippen LogP contribution in [0.5, 0.6) is 5.75 Å². The molecule has 0 unspecified atom stereocenters. The Kier molecular flexibility index (Phi) is 7.41. The summed E-state index contributed by atoms with van der Waals surface area (Å²) in [5.74, 6) is -2.45. The maximum absolute atomic E-state index is 12.9. The summed E-state index contributed by atoms with van der Waals surface area (Å²) in [7, 11) is 2.19. The quantitative estimate of drug-likeness (QED) is 0.546. The third kappa shape index (κ3) is 6.08. The second-order valence-electron chi connectivity index (χ2n) is 7.29. The molecule has 0 saturated carbocycles. The lowest BCUT2D eigenvalue weighted by atomic mass is 10.2. The molecule has 1 amide bonds. The molecule has 2 rings (SSSR count). The van der Waals surface area contributed by atoms with Crippen LogP contribution in [0.4, 0.5) is 4.79 Å². The summed E-state index contributed by atoms with van der Waals surface area (Å²) in [5, 5.41) is 0. The highest BCUT2D eigenvalue weighted by Gasteiger charge is 2.28. The number of hydrogen-bond acceptors (Lipinski definition) is 8. The van der Waals surface area contributed by atoms with Gasteiger partial charge in [-0.3, -0.25) is 4.79 Å². The summed E-state index contributed by atoms with van der Waals surface area (Å²) in [6, 6.07) is 8.85. The largest absolute Gasteiger partial charge is 0.482 e. The Balaban J connectivity index is 2.60. The van der Waals surface area contributed by atoms with Crippen LogP contribution in [0.25, 0.3) is 0 Å². The second kappa shape index (κ2) is 9.79. The van der Waals surface area contributed by atoms with Crippen LogP contribution >= 0.6 is 0 Å². The maximum atomic E-state index is 12.9. The average molecular weight is 432 g/mol. The molecule has 1 aromatic carbocycles. The lowest BCUT2D eigenvalue weighted by Gasteiger charge is -2.22. The van der Waals surface area contributed by atoms with Crippen LogP contribution in [0, 0.1) is 0 Å². The normalized spacial score (nSPS) is 10.7. The summed E-state index contributed by atoms with van der Waals surface area (Å²) in [6.07, 6.45) is 0.00539. The van der Waals surface area contributed by atoms with Crippen LogP contribution in [-0.4, -0.2) is 42.5 Å². The van der Waals surface area contributed by atoms with Gasteiger partial charge in [0.05, 0.1) is 14.2 Å². The fourth-order valence-electron chi connectivity index (χ4n) is 2.49. The summed E-state index contributed by atoms with van der Waals surface area (Å²) < 4.78 is 21.0. The number of methoxy groups -OCH3 is 2. The third-order valence-corrected chi connectivity index (χ3v) is 3.79. The van der Waals surface area contributed by atoms with Crippen molar-refractivity contribution in [2.45, 2.75) is 33.0 Å². The van der Waals surface area contributed by atoms with E-state index in [1.807, 2.05) is 0 Å². The first kappa shape index (κ1) is 23.5. The summed E-state index contributed by atoms with van der Waals surface area (Å²) in [6.45, 7) is 4.85. The third-order valence-electron chi connectivity index (χ3n) is 3.79. The number of hydrogen-bond donors (Lipinski definition) is 1. The smallest absolute Gasteiger partial charge is 0.426 e. The minimum absolute atomic E-state index is 0.0862. The Morgan fingerprint density at radius 2 is 1.61 bits per heavy atom. The average Bonchev–Trinajstić information content (AvgIpc) is 2.71. The van der Waals surface area contributed by atoms with E-state index < -0.39 is 46.1 Å². The number of aromatic nitrogens is 1. The lowest BCUT2D eigenvalue weighted by molar-refractivity contribution is 0.0557. The molecule has 0 aliphatic rings. The zero-order valence-corrected chi connectivity index (χ0v) is 17.9. The van der Waals surface area contributed by atoms with Gasteiger partial charge in [-0.25, -0.2) is 24.5 Å². The van der Waals surface area contributed by atoms with Crippen LogP contribution in [-0.2, 0) is 20.8 Å². The molecule has 1 N–H and O–H groups in total. The second-order valence-corrected chi connectivity index (χ2v) is 7.29. The van der Waals surface area contributed by atoms with Gasteiger partial charge in [0.15, 0.2) is 5.69 Å². The zero-order valence-electron chi connectivity index (χ0n) is 17.9. The van der Waals surface area contributed by atoms with Crippen LogP contribution in [0.1, 0.15) is 47.2 Å². The predicted molar refractivity (Wildman–Crippen MR) is 110 cm³/mol. The first-order chi connectivity index (χ1) is 14.6. The van der Waals surface area contributed by atoms with Crippen LogP contribution in [0.3, 0.4) is 0 Å². The van der Waals surface area contributed by atoms with Gasteiger partial charge >= 0.3 is 18.0 Å². The number of carbonyl (C=O) groups is 3. The number of nitrogens with one attached hydrogen (secondary N) is 1. The minimum atomic E-state index is -0.981. The molecule has 31 heavy (non-hydrogen) atoms. The van der Waals surface area contributed by atoms with Crippen molar-refractivity contribution >= 4 is 18.0 Å². The van der Waals surface area contributed by atoms with Crippen molar-refractivity contribution in [3.05, 3.63) is 63.6 Å². The van der Waals surface area contributed by atoms with Crippen LogP contribution in [0.15, 0.2) is 41.3 Å². The van der Waals surface area contributed by atoms with Gasteiger partial charge in [-0.1, -0.05) is 30.3 Å². The number of carbonyl (C=O) groups excluding carboxylic acids is 3. The van der Waals surface area contributed by atoms with Crippen molar-refractivity contribution in [3.63, 3.8) is 0 Å². The molecule has 0 bridgehead atoms. The molecule has 10 heteroatoms. The highest BCUT2D eigenvalue weighted by molar-refractivity contribution is 5.95.